The van der Waals surface area contributed by atoms with E-state index in [1.165, 1.54) is 19.4 Å². The van der Waals surface area contributed by atoms with E-state index in [2.05, 4.69) is 33.8 Å². The molecule has 5 aliphatic heterocycles. The smallest absolute Gasteiger partial charge is 0.187 e. The maximum Gasteiger partial charge on any atom is 0.187 e. The summed E-state index contributed by atoms with van der Waals surface area (Å²) in [6, 6.07) is 0. The van der Waals surface area contributed by atoms with Crippen LogP contribution in [-0.4, -0.2) is 222 Å². The van der Waals surface area contributed by atoms with Gasteiger partial charge in [-0.1, -0.05) is 39.3 Å². The fourth-order valence-corrected chi connectivity index (χ4v) is 15.0. The molecule has 0 spiro atoms. The summed E-state index contributed by atoms with van der Waals surface area (Å²) in [5.74, 6) is 2.35. The van der Waals surface area contributed by atoms with Crippen LogP contribution in [0.5, 0.6) is 0 Å². The molecule has 12 N–H and O–H groups in total. The number of hydrogen-bond donors (Lipinski definition) is 12. The molecule has 0 unspecified atom stereocenters. The molecule has 0 radical (unpaired) electrons. The fraction of sp³-hybridized carbons (Fsp3) is 0.961. The number of ether oxygens (including phenoxy) is 9. The largest absolute Gasteiger partial charge is 0.394 e. The minimum Gasteiger partial charge on any atom is -0.394 e. The summed E-state index contributed by atoms with van der Waals surface area (Å²) in [5, 5.41) is 126. The van der Waals surface area contributed by atoms with Gasteiger partial charge in [-0.2, -0.15) is 0 Å². The Bertz CT molecular complexity index is 1850. The lowest BCUT2D eigenvalue weighted by atomic mass is 9.47. The first-order valence-electron chi connectivity index (χ1n) is 26.7. The molecule has 21 heteroatoms. The van der Waals surface area contributed by atoms with Crippen LogP contribution in [0, 0.1) is 46.3 Å². The maximum absolute atomic E-state index is 12.0. The molecule has 0 aromatic carbocycles. The molecule has 5 saturated heterocycles. The van der Waals surface area contributed by atoms with E-state index in [1.807, 2.05) is 0 Å². The van der Waals surface area contributed by atoms with Crippen molar-refractivity contribution in [2.45, 2.75) is 240 Å². The van der Waals surface area contributed by atoms with E-state index in [-0.39, 0.29) is 35.6 Å². The van der Waals surface area contributed by atoms with Gasteiger partial charge in [-0.25, -0.2) is 0 Å². The molecular formula is C51H84O21. The molecule has 0 aromatic heterocycles. The lowest BCUT2D eigenvalue weighted by molar-refractivity contribution is -0.388. The Morgan fingerprint density at radius 3 is 1.85 bits per heavy atom. The average Bonchev–Trinajstić information content (AvgIpc) is 3.85. The molecule has 0 bridgehead atoms. The maximum atomic E-state index is 12.0. The Balaban J connectivity index is 0.837. The topological polar surface area (TPSA) is 326 Å². The van der Waals surface area contributed by atoms with E-state index in [1.54, 1.807) is 0 Å². The summed E-state index contributed by atoms with van der Waals surface area (Å²) >= 11 is 0. The highest BCUT2D eigenvalue weighted by Gasteiger charge is 2.65. The quantitative estimate of drug-likeness (QED) is 0.0900. The third kappa shape index (κ3) is 10.0. The molecule has 3 saturated carbocycles. The van der Waals surface area contributed by atoms with Crippen molar-refractivity contribution < 1.29 is 104 Å². The van der Waals surface area contributed by atoms with Gasteiger partial charge in [0.15, 0.2) is 25.2 Å². The molecule has 21 nitrogen and oxygen atoms in total. The lowest BCUT2D eigenvalue weighted by Gasteiger charge is -2.58. The summed E-state index contributed by atoms with van der Waals surface area (Å²) in [7, 11) is 0. The highest BCUT2D eigenvalue weighted by atomic mass is 16.8. The van der Waals surface area contributed by atoms with Crippen LogP contribution in [0.2, 0.25) is 0 Å². The van der Waals surface area contributed by atoms with E-state index in [0.717, 1.165) is 44.9 Å². The summed E-state index contributed by atoms with van der Waals surface area (Å²) in [5.41, 5.74) is 1.35. The molecule has 8 fully saturated rings. The molecule has 9 rings (SSSR count). The first-order valence-corrected chi connectivity index (χ1v) is 26.7. The zero-order valence-electron chi connectivity index (χ0n) is 42.3. The van der Waals surface area contributed by atoms with Crippen LogP contribution >= 0.6 is 0 Å². The molecule has 31 atom stereocenters. The first-order chi connectivity index (χ1) is 34.1. The van der Waals surface area contributed by atoms with Crippen molar-refractivity contribution in [2.75, 3.05) is 19.8 Å². The van der Waals surface area contributed by atoms with E-state index in [9.17, 15) is 61.3 Å². The molecule has 4 aliphatic carbocycles. The number of rotatable bonds is 14. The Kier molecular flexibility index (Phi) is 17.0. The number of aliphatic hydroxyl groups excluding tert-OH is 12. The van der Waals surface area contributed by atoms with Crippen LogP contribution in [0.1, 0.15) is 99.3 Å². The van der Waals surface area contributed by atoms with Crippen molar-refractivity contribution >= 4 is 0 Å². The second-order valence-electron chi connectivity index (χ2n) is 23.6. The Labute approximate surface area is 421 Å². The van der Waals surface area contributed by atoms with E-state index < -0.39 is 142 Å². The zero-order valence-corrected chi connectivity index (χ0v) is 42.3. The highest BCUT2D eigenvalue weighted by molar-refractivity contribution is 5.26. The van der Waals surface area contributed by atoms with Gasteiger partial charge in [0.2, 0.25) is 0 Å². The van der Waals surface area contributed by atoms with Gasteiger partial charge in [0, 0.05) is 0 Å². The average molecular weight is 1030 g/mol. The molecule has 9 aliphatic rings. The SMILES string of the molecule is C[C@H](CC[C@H]1O[C@H]2C[C@H]3[C@@H]4CC=C5C[C@@H](O[C@@H]6O[C@H](CO)[C@@H](O[C@@H]7O[C@@H](C)[C@H](O)[C@@H](O)[C@H]7O)[C@H](O)[C@H]6O[C@@H]6O[C@@H](C)[C@H](O)[C@@H](O)[C@H]6O)CC[C@]5(C)[C@H]4CC[C@]3(C)[C@H]2[C@@H]1C)CO[C@@H]1O[C@H](CO)[C@@H](O)[C@H](O)[C@H]1O. The normalized spacial score (nSPS) is 55.1. The molecule has 0 amide bonds. The Morgan fingerprint density at radius 1 is 0.611 bits per heavy atom. The number of allylic oxidation sites excluding steroid dienone is 1. The molecular weight excluding hydrogens is 949 g/mol. The number of hydrogen-bond acceptors (Lipinski definition) is 21. The third-order valence-corrected chi connectivity index (χ3v) is 19.3. The fourth-order valence-electron chi connectivity index (χ4n) is 15.0. The molecule has 414 valence electrons. The monoisotopic (exact) mass is 1030 g/mol. The van der Waals surface area contributed by atoms with Crippen molar-refractivity contribution in [1.29, 1.82) is 0 Å². The van der Waals surface area contributed by atoms with E-state index in [4.69, 9.17) is 42.6 Å². The molecule has 0 aromatic rings. The molecule has 5 heterocycles. The van der Waals surface area contributed by atoms with Gasteiger partial charge < -0.3 is 104 Å². The van der Waals surface area contributed by atoms with Crippen LogP contribution in [0.3, 0.4) is 0 Å². The van der Waals surface area contributed by atoms with Gasteiger partial charge >= 0.3 is 0 Å². The van der Waals surface area contributed by atoms with Crippen LogP contribution in [0.15, 0.2) is 11.6 Å². The van der Waals surface area contributed by atoms with Crippen molar-refractivity contribution in [2.24, 2.45) is 46.3 Å². The highest BCUT2D eigenvalue weighted by Crippen LogP contribution is 2.69. The van der Waals surface area contributed by atoms with Crippen LogP contribution in [-0.2, 0) is 42.6 Å². The third-order valence-electron chi connectivity index (χ3n) is 19.3. The van der Waals surface area contributed by atoms with Crippen molar-refractivity contribution in [3.05, 3.63) is 11.6 Å². The Morgan fingerprint density at radius 2 is 1.21 bits per heavy atom. The van der Waals surface area contributed by atoms with Crippen LogP contribution < -0.4 is 0 Å². The predicted molar refractivity (Wildman–Crippen MR) is 248 cm³/mol. The molecule has 72 heavy (non-hydrogen) atoms. The zero-order chi connectivity index (χ0) is 51.9. The lowest BCUT2D eigenvalue weighted by Crippen LogP contribution is -2.66. The predicted octanol–water partition coefficient (Wildman–Crippen LogP) is -1.30. The van der Waals surface area contributed by atoms with Gasteiger partial charge in [0.1, 0.15) is 85.5 Å². The summed E-state index contributed by atoms with van der Waals surface area (Å²) in [6.45, 7) is 11.4. The van der Waals surface area contributed by atoms with Crippen molar-refractivity contribution in [3.63, 3.8) is 0 Å². The number of fused-ring (bicyclic) bond motifs is 7. The summed E-state index contributed by atoms with van der Waals surface area (Å²) in [6.07, 6.45) is -18.2. The van der Waals surface area contributed by atoms with Crippen molar-refractivity contribution in [1.82, 2.24) is 0 Å². The first kappa shape index (κ1) is 55.6. The second-order valence-corrected chi connectivity index (χ2v) is 23.6. The van der Waals surface area contributed by atoms with E-state index in [0.29, 0.717) is 42.4 Å². The summed E-state index contributed by atoms with van der Waals surface area (Å²) in [4.78, 5) is 0. The minimum absolute atomic E-state index is 0.0800. The standard InChI is InChI=1S/C51H84O21/c1-20(19-64-46-40(60)39(59)36(56)31(17-52)69-46)7-10-29-21(2)33-30(68-29)16-28-26-9-8-24-15-25(11-13-50(24,5)27(26)12-14-51(28,33)6)67-49-45(72-48-42(62)38(58)35(55)23(4)66-48)43(63)44(32(18-53)70-49)71-47-41(61)37(57)34(54)22(3)65-47/h8,20-23,25-49,52-63H,7,9-19H2,1-6H3/t20-,21-,22+,23+,25+,26-,27+,28+,29-,30+,31-,32-,33+,34+,35+,36-,37-,38-,39+,40-,41-,42-,43+,44-,45-,46-,47+,48+,49-,50+,51+/m1/s1. The van der Waals surface area contributed by atoms with Gasteiger partial charge in [0.25, 0.3) is 0 Å². The Hall–Kier alpha value is -1.10. The van der Waals surface area contributed by atoms with Gasteiger partial charge in [-0.3, -0.25) is 0 Å². The van der Waals surface area contributed by atoms with Gasteiger partial charge in [-0.15, -0.1) is 0 Å². The van der Waals surface area contributed by atoms with E-state index >= 15 is 0 Å². The minimum atomic E-state index is -1.73. The van der Waals surface area contributed by atoms with Gasteiger partial charge in [0.05, 0.1) is 50.3 Å². The van der Waals surface area contributed by atoms with Crippen molar-refractivity contribution in [3.8, 4) is 0 Å². The summed E-state index contributed by atoms with van der Waals surface area (Å²) < 4.78 is 55.0. The number of aliphatic hydroxyl groups is 12. The van der Waals surface area contributed by atoms with Crippen LogP contribution in [0.25, 0.3) is 0 Å². The second kappa shape index (κ2) is 22.0. The van der Waals surface area contributed by atoms with Gasteiger partial charge in [-0.05, 0) is 118 Å². The van der Waals surface area contributed by atoms with Crippen LogP contribution in [0.4, 0.5) is 0 Å².